The Labute approximate surface area is 90.6 Å². The molecule has 1 aromatic rings. The topological polar surface area (TPSA) is 39.1 Å². The van der Waals surface area contributed by atoms with Gasteiger partial charge in [-0.25, -0.2) is 0 Å². The SMILES string of the molecule is CC1CCC(CNCCn2cccn2)O1. The Morgan fingerprint density at radius 1 is 1.53 bits per heavy atom. The van der Waals surface area contributed by atoms with Crippen molar-refractivity contribution in [2.45, 2.75) is 38.5 Å². The van der Waals surface area contributed by atoms with Crippen LogP contribution in [0.2, 0.25) is 0 Å². The molecule has 0 bridgehead atoms. The summed E-state index contributed by atoms with van der Waals surface area (Å²) >= 11 is 0. The molecular weight excluding hydrogens is 190 g/mol. The third kappa shape index (κ3) is 3.32. The molecule has 0 radical (unpaired) electrons. The maximum Gasteiger partial charge on any atom is 0.0704 e. The zero-order chi connectivity index (χ0) is 10.5. The normalized spacial score (nSPS) is 25.9. The van der Waals surface area contributed by atoms with Crippen LogP contribution < -0.4 is 5.32 Å². The zero-order valence-electron chi connectivity index (χ0n) is 9.22. The quantitative estimate of drug-likeness (QED) is 0.736. The number of ether oxygens (including phenoxy) is 1. The third-order valence-corrected chi connectivity index (χ3v) is 2.77. The smallest absolute Gasteiger partial charge is 0.0704 e. The van der Waals surface area contributed by atoms with Gasteiger partial charge >= 0.3 is 0 Å². The summed E-state index contributed by atoms with van der Waals surface area (Å²) in [4.78, 5) is 0. The van der Waals surface area contributed by atoms with E-state index in [0.29, 0.717) is 12.2 Å². The predicted molar refractivity (Wildman–Crippen MR) is 58.7 cm³/mol. The van der Waals surface area contributed by atoms with Gasteiger partial charge in [-0.3, -0.25) is 4.68 Å². The fourth-order valence-electron chi connectivity index (χ4n) is 1.92. The highest BCUT2D eigenvalue weighted by molar-refractivity contribution is 4.78. The molecule has 0 saturated carbocycles. The second kappa shape index (κ2) is 5.28. The second-order valence-corrected chi connectivity index (χ2v) is 4.12. The highest BCUT2D eigenvalue weighted by Crippen LogP contribution is 2.17. The van der Waals surface area contributed by atoms with E-state index in [1.54, 1.807) is 0 Å². The first-order chi connectivity index (χ1) is 7.34. The molecule has 2 rings (SSSR count). The number of hydrogen-bond acceptors (Lipinski definition) is 3. The molecule has 1 aliphatic heterocycles. The Morgan fingerprint density at radius 3 is 3.13 bits per heavy atom. The molecule has 1 aromatic heterocycles. The van der Waals surface area contributed by atoms with Crippen molar-refractivity contribution >= 4 is 0 Å². The summed E-state index contributed by atoms with van der Waals surface area (Å²) in [5.74, 6) is 0. The Bertz CT molecular complexity index is 273. The summed E-state index contributed by atoms with van der Waals surface area (Å²) in [6.07, 6.45) is 7.04. The molecular formula is C11H19N3O. The molecule has 2 unspecified atom stereocenters. The van der Waals surface area contributed by atoms with Gasteiger partial charge in [0.1, 0.15) is 0 Å². The maximum atomic E-state index is 5.71. The second-order valence-electron chi connectivity index (χ2n) is 4.12. The minimum Gasteiger partial charge on any atom is -0.374 e. The van der Waals surface area contributed by atoms with E-state index in [-0.39, 0.29) is 0 Å². The molecule has 2 heterocycles. The lowest BCUT2D eigenvalue weighted by Crippen LogP contribution is -2.29. The van der Waals surface area contributed by atoms with E-state index >= 15 is 0 Å². The summed E-state index contributed by atoms with van der Waals surface area (Å²) in [6, 6.07) is 1.95. The van der Waals surface area contributed by atoms with E-state index in [0.717, 1.165) is 19.6 Å². The van der Waals surface area contributed by atoms with E-state index in [9.17, 15) is 0 Å². The standard InChI is InChI=1S/C11H19N3O/c1-10-3-4-11(15-10)9-12-6-8-14-7-2-5-13-14/h2,5,7,10-12H,3-4,6,8-9H2,1H3. The summed E-state index contributed by atoms with van der Waals surface area (Å²) < 4.78 is 7.65. The van der Waals surface area contributed by atoms with Gasteiger partial charge in [-0.05, 0) is 25.8 Å². The molecule has 1 aliphatic rings. The largest absolute Gasteiger partial charge is 0.374 e. The van der Waals surface area contributed by atoms with Gasteiger partial charge in [-0.15, -0.1) is 0 Å². The molecule has 0 amide bonds. The van der Waals surface area contributed by atoms with Crippen LogP contribution >= 0.6 is 0 Å². The first-order valence-corrected chi connectivity index (χ1v) is 5.68. The Morgan fingerprint density at radius 2 is 2.47 bits per heavy atom. The Kier molecular flexibility index (Phi) is 3.75. The van der Waals surface area contributed by atoms with Crippen LogP contribution in [-0.2, 0) is 11.3 Å². The molecule has 0 aromatic carbocycles. The highest BCUT2D eigenvalue weighted by atomic mass is 16.5. The van der Waals surface area contributed by atoms with Gasteiger partial charge in [-0.1, -0.05) is 0 Å². The van der Waals surface area contributed by atoms with Crippen molar-refractivity contribution in [2.75, 3.05) is 13.1 Å². The summed E-state index contributed by atoms with van der Waals surface area (Å²) in [5.41, 5.74) is 0. The van der Waals surface area contributed by atoms with Crippen LogP contribution in [0.15, 0.2) is 18.5 Å². The molecule has 0 spiro atoms. The number of rotatable bonds is 5. The maximum absolute atomic E-state index is 5.71. The van der Waals surface area contributed by atoms with Crippen molar-refractivity contribution < 1.29 is 4.74 Å². The monoisotopic (exact) mass is 209 g/mol. The molecule has 15 heavy (non-hydrogen) atoms. The van der Waals surface area contributed by atoms with Gasteiger partial charge < -0.3 is 10.1 Å². The van der Waals surface area contributed by atoms with Gasteiger partial charge in [-0.2, -0.15) is 5.10 Å². The van der Waals surface area contributed by atoms with Gasteiger partial charge in [0.15, 0.2) is 0 Å². The molecule has 1 N–H and O–H groups in total. The highest BCUT2D eigenvalue weighted by Gasteiger charge is 2.20. The van der Waals surface area contributed by atoms with Crippen molar-refractivity contribution in [1.29, 1.82) is 0 Å². The number of aromatic nitrogens is 2. The lowest BCUT2D eigenvalue weighted by molar-refractivity contribution is 0.0560. The lowest BCUT2D eigenvalue weighted by atomic mass is 10.2. The Balaban J connectivity index is 1.55. The van der Waals surface area contributed by atoms with E-state index in [4.69, 9.17) is 4.74 Å². The average molecular weight is 209 g/mol. The van der Waals surface area contributed by atoms with Crippen molar-refractivity contribution in [3.8, 4) is 0 Å². The van der Waals surface area contributed by atoms with Crippen LogP contribution in [0.4, 0.5) is 0 Å². The zero-order valence-corrected chi connectivity index (χ0v) is 9.22. The van der Waals surface area contributed by atoms with E-state index in [1.807, 2.05) is 23.1 Å². The van der Waals surface area contributed by atoms with Crippen LogP contribution in [0.25, 0.3) is 0 Å². The van der Waals surface area contributed by atoms with Crippen LogP contribution in [-0.4, -0.2) is 35.1 Å². The third-order valence-electron chi connectivity index (χ3n) is 2.77. The van der Waals surface area contributed by atoms with E-state index in [1.165, 1.54) is 12.8 Å². The van der Waals surface area contributed by atoms with Crippen molar-refractivity contribution in [3.63, 3.8) is 0 Å². The predicted octanol–water partition coefficient (Wildman–Crippen LogP) is 1.04. The van der Waals surface area contributed by atoms with Crippen LogP contribution in [0.5, 0.6) is 0 Å². The fraction of sp³-hybridized carbons (Fsp3) is 0.727. The fourth-order valence-corrected chi connectivity index (χ4v) is 1.92. The molecule has 1 fully saturated rings. The van der Waals surface area contributed by atoms with Crippen molar-refractivity contribution in [3.05, 3.63) is 18.5 Å². The molecule has 0 aliphatic carbocycles. The molecule has 1 saturated heterocycles. The summed E-state index contributed by atoms with van der Waals surface area (Å²) in [5, 5.41) is 7.54. The summed E-state index contributed by atoms with van der Waals surface area (Å²) in [6.45, 7) is 4.99. The first-order valence-electron chi connectivity index (χ1n) is 5.68. The number of nitrogens with one attached hydrogen (secondary N) is 1. The van der Waals surface area contributed by atoms with Gasteiger partial charge in [0, 0.05) is 25.5 Å². The minimum absolute atomic E-state index is 0.414. The van der Waals surface area contributed by atoms with Crippen LogP contribution in [0, 0.1) is 0 Å². The molecule has 84 valence electrons. The van der Waals surface area contributed by atoms with Gasteiger partial charge in [0.2, 0.25) is 0 Å². The first kappa shape index (κ1) is 10.6. The van der Waals surface area contributed by atoms with Crippen LogP contribution in [0.3, 0.4) is 0 Å². The van der Waals surface area contributed by atoms with Crippen LogP contribution in [0.1, 0.15) is 19.8 Å². The van der Waals surface area contributed by atoms with Gasteiger partial charge in [0.05, 0.1) is 18.8 Å². The number of nitrogens with zero attached hydrogens (tertiary/aromatic N) is 2. The van der Waals surface area contributed by atoms with Gasteiger partial charge in [0.25, 0.3) is 0 Å². The molecule has 4 heteroatoms. The molecule has 2 atom stereocenters. The average Bonchev–Trinajstić information content (AvgIpc) is 2.84. The summed E-state index contributed by atoms with van der Waals surface area (Å²) in [7, 11) is 0. The number of hydrogen-bond donors (Lipinski definition) is 1. The Hall–Kier alpha value is -0.870. The van der Waals surface area contributed by atoms with E-state index < -0.39 is 0 Å². The lowest BCUT2D eigenvalue weighted by Gasteiger charge is -2.12. The molecule has 4 nitrogen and oxygen atoms in total. The van der Waals surface area contributed by atoms with E-state index in [2.05, 4.69) is 17.3 Å². The minimum atomic E-state index is 0.414. The van der Waals surface area contributed by atoms with Crippen molar-refractivity contribution in [1.82, 2.24) is 15.1 Å². The van der Waals surface area contributed by atoms with Crippen molar-refractivity contribution in [2.24, 2.45) is 0 Å².